The molecule has 0 aromatic heterocycles. The molecule has 0 unspecified atom stereocenters. The highest BCUT2D eigenvalue weighted by Crippen LogP contribution is 2.13. The summed E-state index contributed by atoms with van der Waals surface area (Å²) in [5.74, 6) is 0. The molecule has 1 aromatic carbocycles. The molecular formula is C15H18N2. The number of hydrogen-bond donors (Lipinski definition) is 0. The zero-order valence-corrected chi connectivity index (χ0v) is 10.0. The van der Waals surface area contributed by atoms with Crippen LogP contribution in [-0.4, -0.2) is 24.0 Å². The van der Waals surface area contributed by atoms with Gasteiger partial charge in [0.1, 0.15) is 6.04 Å². The quantitative estimate of drug-likeness (QED) is 0.792. The van der Waals surface area contributed by atoms with Crippen LogP contribution in [0.1, 0.15) is 24.8 Å². The summed E-state index contributed by atoms with van der Waals surface area (Å²) in [6.45, 7) is 2.11. The molecule has 17 heavy (non-hydrogen) atoms. The van der Waals surface area contributed by atoms with Crippen molar-refractivity contribution in [2.45, 2.75) is 25.3 Å². The second-order valence-corrected chi connectivity index (χ2v) is 4.44. The van der Waals surface area contributed by atoms with E-state index in [1.54, 1.807) is 0 Å². The fraction of sp³-hybridized carbons (Fsp3) is 0.400. The van der Waals surface area contributed by atoms with Crippen molar-refractivity contribution in [3.8, 4) is 6.07 Å². The van der Waals surface area contributed by atoms with E-state index in [1.807, 2.05) is 30.4 Å². The monoisotopic (exact) mass is 226 g/mol. The molecule has 1 aromatic rings. The molecule has 0 radical (unpaired) electrons. The second-order valence-electron chi connectivity index (χ2n) is 4.44. The zero-order chi connectivity index (χ0) is 11.9. The minimum absolute atomic E-state index is 0.0736. The molecule has 1 atom stereocenters. The number of nitriles is 1. The highest BCUT2D eigenvalue weighted by Gasteiger charge is 2.17. The first kappa shape index (κ1) is 11.9. The third-order valence-corrected chi connectivity index (χ3v) is 3.19. The maximum absolute atomic E-state index is 9.21. The SMILES string of the molecule is N#C[C@@H](/C=C/c1ccccc1)N1CCCCC1. The number of piperidine rings is 1. The van der Waals surface area contributed by atoms with Gasteiger partial charge in [-0.3, -0.25) is 4.90 Å². The first-order chi connectivity index (χ1) is 8.40. The molecule has 1 fully saturated rings. The smallest absolute Gasteiger partial charge is 0.117 e. The van der Waals surface area contributed by atoms with E-state index in [1.165, 1.54) is 19.3 Å². The van der Waals surface area contributed by atoms with Crippen molar-refractivity contribution in [2.24, 2.45) is 0 Å². The minimum Gasteiger partial charge on any atom is -0.285 e. The van der Waals surface area contributed by atoms with Crippen LogP contribution in [0.25, 0.3) is 6.08 Å². The van der Waals surface area contributed by atoms with Crippen molar-refractivity contribution in [3.63, 3.8) is 0 Å². The van der Waals surface area contributed by atoms with E-state index in [0.717, 1.165) is 18.7 Å². The number of hydrogen-bond acceptors (Lipinski definition) is 2. The molecule has 0 saturated carbocycles. The summed E-state index contributed by atoms with van der Waals surface area (Å²) in [4.78, 5) is 2.27. The summed E-state index contributed by atoms with van der Waals surface area (Å²) in [6, 6.07) is 12.5. The lowest BCUT2D eigenvalue weighted by atomic mass is 10.1. The molecule has 88 valence electrons. The molecule has 0 N–H and O–H groups in total. The lowest BCUT2D eigenvalue weighted by Crippen LogP contribution is -2.37. The van der Waals surface area contributed by atoms with E-state index in [2.05, 4.69) is 23.1 Å². The zero-order valence-electron chi connectivity index (χ0n) is 10.0. The number of likely N-dealkylation sites (tertiary alicyclic amines) is 1. The van der Waals surface area contributed by atoms with Crippen LogP contribution in [0.15, 0.2) is 36.4 Å². The summed E-state index contributed by atoms with van der Waals surface area (Å²) in [6.07, 6.45) is 7.80. The number of rotatable bonds is 3. The van der Waals surface area contributed by atoms with E-state index >= 15 is 0 Å². The Labute approximate surface area is 103 Å². The van der Waals surface area contributed by atoms with Gasteiger partial charge in [0, 0.05) is 0 Å². The van der Waals surface area contributed by atoms with Crippen LogP contribution in [0.2, 0.25) is 0 Å². The predicted molar refractivity (Wildman–Crippen MR) is 70.3 cm³/mol. The van der Waals surface area contributed by atoms with Crippen LogP contribution in [0.3, 0.4) is 0 Å². The lowest BCUT2D eigenvalue weighted by Gasteiger charge is -2.28. The topological polar surface area (TPSA) is 27.0 Å². The molecule has 0 bridgehead atoms. The fourth-order valence-electron chi connectivity index (χ4n) is 2.21. The van der Waals surface area contributed by atoms with Crippen molar-refractivity contribution in [2.75, 3.05) is 13.1 Å². The third-order valence-electron chi connectivity index (χ3n) is 3.19. The Kier molecular flexibility index (Phi) is 4.35. The molecule has 1 heterocycles. The van der Waals surface area contributed by atoms with Gasteiger partial charge in [0.25, 0.3) is 0 Å². The molecule has 0 amide bonds. The third kappa shape index (κ3) is 3.44. The van der Waals surface area contributed by atoms with E-state index in [0.29, 0.717) is 0 Å². The van der Waals surface area contributed by atoms with Gasteiger partial charge in [-0.1, -0.05) is 48.9 Å². The molecule has 1 aliphatic rings. The van der Waals surface area contributed by atoms with Crippen molar-refractivity contribution >= 4 is 6.08 Å². The minimum atomic E-state index is -0.0736. The van der Waals surface area contributed by atoms with Crippen molar-refractivity contribution in [3.05, 3.63) is 42.0 Å². The number of nitrogens with zero attached hydrogens (tertiary/aromatic N) is 2. The van der Waals surface area contributed by atoms with Gasteiger partial charge in [-0.05, 0) is 31.5 Å². The summed E-state index contributed by atoms with van der Waals surface area (Å²) in [5, 5.41) is 9.21. The Bertz CT molecular complexity index is 397. The van der Waals surface area contributed by atoms with Crippen LogP contribution in [0, 0.1) is 11.3 Å². The standard InChI is InChI=1S/C15H18N2/c16-13-15(17-11-5-2-6-12-17)10-9-14-7-3-1-4-8-14/h1,3-4,7-10,15H,2,5-6,11-12H2/b10-9+/t15-/m1/s1. The van der Waals surface area contributed by atoms with Crippen LogP contribution < -0.4 is 0 Å². The average molecular weight is 226 g/mol. The maximum atomic E-state index is 9.21. The van der Waals surface area contributed by atoms with Crippen LogP contribution in [-0.2, 0) is 0 Å². The largest absolute Gasteiger partial charge is 0.285 e. The number of benzene rings is 1. The Morgan fingerprint density at radius 1 is 1.12 bits per heavy atom. The molecule has 0 aliphatic carbocycles. The molecule has 1 aliphatic heterocycles. The van der Waals surface area contributed by atoms with Crippen LogP contribution >= 0.6 is 0 Å². The highest BCUT2D eigenvalue weighted by atomic mass is 15.1. The Hall–Kier alpha value is -1.59. The van der Waals surface area contributed by atoms with E-state index < -0.39 is 0 Å². The van der Waals surface area contributed by atoms with Crippen molar-refractivity contribution in [1.82, 2.24) is 4.90 Å². The molecule has 2 rings (SSSR count). The average Bonchev–Trinajstić information content (AvgIpc) is 2.42. The predicted octanol–water partition coefficient (Wildman–Crippen LogP) is 3.08. The van der Waals surface area contributed by atoms with Gasteiger partial charge >= 0.3 is 0 Å². The van der Waals surface area contributed by atoms with Crippen molar-refractivity contribution in [1.29, 1.82) is 5.26 Å². The summed E-state index contributed by atoms with van der Waals surface area (Å²) < 4.78 is 0. The first-order valence-corrected chi connectivity index (χ1v) is 6.27. The van der Waals surface area contributed by atoms with E-state index in [4.69, 9.17) is 0 Å². The maximum Gasteiger partial charge on any atom is 0.117 e. The molecular weight excluding hydrogens is 208 g/mol. The molecule has 2 heteroatoms. The Balaban J connectivity index is 2.00. The summed E-state index contributed by atoms with van der Waals surface area (Å²) >= 11 is 0. The van der Waals surface area contributed by atoms with Crippen LogP contribution in [0.4, 0.5) is 0 Å². The summed E-state index contributed by atoms with van der Waals surface area (Å²) in [7, 11) is 0. The van der Waals surface area contributed by atoms with Gasteiger partial charge in [0.15, 0.2) is 0 Å². The fourth-order valence-corrected chi connectivity index (χ4v) is 2.21. The van der Waals surface area contributed by atoms with Gasteiger partial charge < -0.3 is 0 Å². The molecule has 1 saturated heterocycles. The normalized spacial score (nSPS) is 19.0. The van der Waals surface area contributed by atoms with Crippen molar-refractivity contribution < 1.29 is 0 Å². The Morgan fingerprint density at radius 3 is 2.47 bits per heavy atom. The summed E-state index contributed by atoms with van der Waals surface area (Å²) in [5.41, 5.74) is 1.16. The highest BCUT2D eigenvalue weighted by molar-refractivity contribution is 5.50. The van der Waals surface area contributed by atoms with E-state index in [9.17, 15) is 5.26 Å². The first-order valence-electron chi connectivity index (χ1n) is 6.27. The van der Waals surface area contributed by atoms with Gasteiger partial charge in [-0.2, -0.15) is 5.26 Å². The Morgan fingerprint density at radius 2 is 1.82 bits per heavy atom. The molecule has 2 nitrogen and oxygen atoms in total. The van der Waals surface area contributed by atoms with E-state index in [-0.39, 0.29) is 6.04 Å². The van der Waals surface area contributed by atoms with Gasteiger partial charge in [0.2, 0.25) is 0 Å². The van der Waals surface area contributed by atoms with Gasteiger partial charge in [-0.25, -0.2) is 0 Å². The van der Waals surface area contributed by atoms with Crippen LogP contribution in [0.5, 0.6) is 0 Å². The lowest BCUT2D eigenvalue weighted by molar-refractivity contribution is 0.220. The molecule has 0 spiro atoms. The van der Waals surface area contributed by atoms with Gasteiger partial charge in [-0.15, -0.1) is 0 Å². The second kappa shape index (κ2) is 6.22. The van der Waals surface area contributed by atoms with Gasteiger partial charge in [0.05, 0.1) is 6.07 Å².